The molecule has 0 spiro atoms. The number of hydrogen-bond donors (Lipinski definition) is 0. The number of piperidine rings is 1. The third-order valence-corrected chi connectivity index (χ3v) is 5.76. The highest BCUT2D eigenvalue weighted by Crippen LogP contribution is 2.33. The first kappa shape index (κ1) is 20.5. The second-order valence-electron chi connectivity index (χ2n) is 7.84. The summed E-state index contributed by atoms with van der Waals surface area (Å²) in [7, 11) is 0. The van der Waals surface area contributed by atoms with Crippen molar-refractivity contribution in [3.63, 3.8) is 0 Å². The molecule has 158 valence electrons. The van der Waals surface area contributed by atoms with E-state index < -0.39 is 17.7 Å². The lowest BCUT2D eigenvalue weighted by atomic mass is 9.81. The van der Waals surface area contributed by atoms with E-state index >= 15 is 0 Å². The maximum absolute atomic E-state index is 13.9. The number of ether oxygens (including phenoxy) is 2. The Balaban J connectivity index is 1.39. The summed E-state index contributed by atoms with van der Waals surface area (Å²) in [4.78, 5) is 27.2. The Morgan fingerprint density at radius 1 is 1.03 bits per heavy atom. The average Bonchev–Trinajstić information content (AvgIpc) is 2.74. The summed E-state index contributed by atoms with van der Waals surface area (Å²) >= 11 is 0. The van der Waals surface area contributed by atoms with E-state index in [4.69, 9.17) is 9.47 Å². The van der Waals surface area contributed by atoms with Crippen molar-refractivity contribution in [2.24, 2.45) is 5.92 Å². The van der Waals surface area contributed by atoms with Gasteiger partial charge in [-0.2, -0.15) is 0 Å². The molecule has 7 heteroatoms. The van der Waals surface area contributed by atoms with Gasteiger partial charge in [0, 0.05) is 12.3 Å². The molecule has 30 heavy (non-hydrogen) atoms. The van der Waals surface area contributed by atoms with Crippen LogP contribution in [0.1, 0.15) is 24.0 Å². The molecule has 2 bridgehead atoms. The average molecular weight is 415 g/mol. The van der Waals surface area contributed by atoms with E-state index in [1.165, 1.54) is 0 Å². The summed E-state index contributed by atoms with van der Waals surface area (Å²) in [6.07, 6.45) is 0.270. The third kappa shape index (κ3) is 4.51. The number of rotatable bonds is 5. The van der Waals surface area contributed by atoms with Crippen molar-refractivity contribution in [1.29, 1.82) is 0 Å². The van der Waals surface area contributed by atoms with Crippen LogP contribution >= 0.6 is 0 Å². The van der Waals surface area contributed by atoms with E-state index in [1.54, 1.807) is 4.90 Å². The van der Waals surface area contributed by atoms with Gasteiger partial charge < -0.3 is 9.47 Å². The number of morpholine rings is 1. The first-order valence-corrected chi connectivity index (χ1v) is 10.0. The monoisotopic (exact) mass is 415 g/mol. The molecule has 2 atom stereocenters. The molecule has 0 saturated carbocycles. The highest BCUT2D eigenvalue weighted by Gasteiger charge is 2.44. The fourth-order valence-corrected chi connectivity index (χ4v) is 4.28. The second kappa shape index (κ2) is 8.92. The molecular weight excluding hydrogens is 392 g/mol. The fraction of sp³-hybridized carbons (Fsp3) is 0.391. The molecule has 2 fully saturated rings. The van der Waals surface area contributed by atoms with Crippen molar-refractivity contribution in [2.45, 2.75) is 38.0 Å². The van der Waals surface area contributed by atoms with Gasteiger partial charge in [0.25, 0.3) is 0 Å². The van der Waals surface area contributed by atoms with Crippen molar-refractivity contribution in [1.82, 2.24) is 4.90 Å². The molecule has 0 N–H and O–H groups in total. The lowest BCUT2D eigenvalue weighted by Gasteiger charge is -2.47. The number of amides is 1. The van der Waals surface area contributed by atoms with Crippen LogP contribution in [0.25, 0.3) is 0 Å². The van der Waals surface area contributed by atoms with Crippen LogP contribution in [-0.2, 0) is 27.3 Å². The molecule has 2 unspecified atom stereocenters. The molecule has 0 radical (unpaired) electrons. The van der Waals surface area contributed by atoms with Crippen molar-refractivity contribution < 1.29 is 27.8 Å². The quantitative estimate of drug-likeness (QED) is 0.744. The van der Waals surface area contributed by atoms with E-state index in [0.29, 0.717) is 26.1 Å². The minimum atomic E-state index is -0.588. The lowest BCUT2D eigenvalue weighted by molar-refractivity contribution is -0.130. The largest absolute Gasteiger partial charge is 0.445 e. The van der Waals surface area contributed by atoms with Gasteiger partial charge in [-0.15, -0.1) is 0 Å². The van der Waals surface area contributed by atoms with Crippen LogP contribution in [0.5, 0.6) is 0 Å². The Labute approximate surface area is 173 Å². The Kier molecular flexibility index (Phi) is 6.08. The molecule has 1 amide bonds. The number of benzene rings is 2. The fourth-order valence-electron chi connectivity index (χ4n) is 4.28. The normalized spacial score (nSPS) is 23.1. The number of Topliss-reactive ketones (excluding diaryl/α,β-unsaturated/α-hetero) is 1. The van der Waals surface area contributed by atoms with Crippen LogP contribution in [0.3, 0.4) is 0 Å². The van der Waals surface area contributed by atoms with Gasteiger partial charge in [-0.25, -0.2) is 13.6 Å². The number of fused-ring (bicyclic) bond motifs is 2. The molecule has 0 aromatic heterocycles. The van der Waals surface area contributed by atoms with E-state index in [-0.39, 0.29) is 42.4 Å². The standard InChI is InChI=1S/C23H23F2NO4/c24-18-6-7-21(25)16(8-18)11-22(27)17-9-19-13-29-14-20(10-17)26(19)23(28)30-12-15-4-2-1-3-5-15/h1-8,17,19-20H,9-14H2. The van der Waals surface area contributed by atoms with Crippen molar-refractivity contribution in [2.75, 3.05) is 13.2 Å². The van der Waals surface area contributed by atoms with Crippen LogP contribution in [0, 0.1) is 17.6 Å². The van der Waals surface area contributed by atoms with Crippen molar-refractivity contribution in [3.8, 4) is 0 Å². The molecular formula is C23H23F2NO4. The van der Waals surface area contributed by atoms with Crippen LogP contribution in [0.2, 0.25) is 0 Å². The Bertz CT molecular complexity index is 907. The second-order valence-corrected chi connectivity index (χ2v) is 7.84. The highest BCUT2D eigenvalue weighted by molar-refractivity contribution is 5.84. The Morgan fingerprint density at radius 3 is 2.43 bits per heavy atom. The summed E-state index contributed by atoms with van der Waals surface area (Å²) in [5.74, 6) is -1.63. The summed E-state index contributed by atoms with van der Waals surface area (Å²) < 4.78 is 38.4. The van der Waals surface area contributed by atoms with Crippen molar-refractivity contribution >= 4 is 11.9 Å². The zero-order valence-electron chi connectivity index (χ0n) is 16.4. The summed E-state index contributed by atoms with van der Waals surface area (Å²) in [5.41, 5.74) is 0.959. The van der Waals surface area contributed by atoms with Gasteiger partial charge in [0.2, 0.25) is 0 Å². The topological polar surface area (TPSA) is 55.8 Å². The maximum Gasteiger partial charge on any atom is 0.410 e. The van der Waals surface area contributed by atoms with E-state index in [0.717, 1.165) is 23.8 Å². The van der Waals surface area contributed by atoms with Gasteiger partial charge in [-0.05, 0) is 42.2 Å². The van der Waals surface area contributed by atoms with Gasteiger partial charge in [-0.1, -0.05) is 30.3 Å². The van der Waals surface area contributed by atoms with Gasteiger partial charge in [-0.3, -0.25) is 9.69 Å². The molecule has 2 aliphatic heterocycles. The third-order valence-electron chi connectivity index (χ3n) is 5.76. The molecule has 2 aromatic rings. The summed E-state index contributed by atoms with van der Waals surface area (Å²) in [5, 5.41) is 0. The Hall–Kier alpha value is -2.80. The smallest absolute Gasteiger partial charge is 0.410 e. The van der Waals surface area contributed by atoms with Gasteiger partial charge >= 0.3 is 6.09 Å². The molecule has 2 aliphatic rings. The number of nitrogens with zero attached hydrogens (tertiary/aromatic N) is 1. The zero-order valence-corrected chi connectivity index (χ0v) is 16.4. The van der Waals surface area contributed by atoms with Crippen LogP contribution in [0.15, 0.2) is 48.5 Å². The van der Waals surface area contributed by atoms with Gasteiger partial charge in [0.15, 0.2) is 0 Å². The first-order valence-electron chi connectivity index (χ1n) is 10.0. The van der Waals surface area contributed by atoms with E-state index in [9.17, 15) is 18.4 Å². The van der Waals surface area contributed by atoms with E-state index in [2.05, 4.69) is 0 Å². The summed E-state index contributed by atoms with van der Waals surface area (Å²) in [6, 6.07) is 12.0. The maximum atomic E-state index is 13.9. The zero-order chi connectivity index (χ0) is 21.1. The first-order chi connectivity index (χ1) is 14.5. The SMILES string of the molecule is O=C(Cc1cc(F)ccc1F)C1CC2COCC(C1)N2C(=O)OCc1ccccc1. The number of carbonyl (C=O) groups excluding carboxylic acids is 2. The van der Waals surface area contributed by atoms with Crippen LogP contribution in [-0.4, -0.2) is 42.1 Å². The number of halogens is 2. The number of ketones is 1. The van der Waals surface area contributed by atoms with E-state index in [1.807, 2.05) is 30.3 Å². The molecule has 2 heterocycles. The van der Waals surface area contributed by atoms with Crippen LogP contribution in [0.4, 0.5) is 13.6 Å². The van der Waals surface area contributed by atoms with Crippen LogP contribution < -0.4 is 0 Å². The molecule has 2 saturated heterocycles. The number of hydrogen-bond acceptors (Lipinski definition) is 4. The minimum absolute atomic E-state index is 0.0612. The van der Waals surface area contributed by atoms with Crippen molar-refractivity contribution in [3.05, 3.63) is 71.3 Å². The molecule has 0 aliphatic carbocycles. The molecule has 4 rings (SSSR count). The molecule has 2 aromatic carbocycles. The predicted molar refractivity (Wildman–Crippen MR) is 105 cm³/mol. The molecule has 5 nitrogen and oxygen atoms in total. The summed E-state index contributed by atoms with van der Waals surface area (Å²) in [6.45, 7) is 0.835. The number of carbonyl (C=O) groups is 2. The lowest BCUT2D eigenvalue weighted by Crippen LogP contribution is -2.60. The van der Waals surface area contributed by atoms with Gasteiger partial charge in [0.05, 0.1) is 25.3 Å². The van der Waals surface area contributed by atoms with Gasteiger partial charge in [0.1, 0.15) is 24.0 Å². The minimum Gasteiger partial charge on any atom is -0.445 e. The Morgan fingerprint density at radius 2 is 1.73 bits per heavy atom. The highest BCUT2D eigenvalue weighted by atomic mass is 19.1. The predicted octanol–water partition coefficient (Wildman–Crippen LogP) is 3.89.